The second-order valence-electron chi connectivity index (χ2n) is 5.89. The highest BCUT2D eigenvalue weighted by Crippen LogP contribution is 2.25. The summed E-state index contributed by atoms with van der Waals surface area (Å²) in [6.07, 6.45) is 4.93. The van der Waals surface area contributed by atoms with Gasteiger partial charge < -0.3 is 24.7 Å². The molecule has 2 aromatic rings. The zero-order chi connectivity index (χ0) is 16.8. The summed E-state index contributed by atoms with van der Waals surface area (Å²) in [4.78, 5) is 12.0. The summed E-state index contributed by atoms with van der Waals surface area (Å²) in [6.45, 7) is 4.66. The zero-order valence-corrected chi connectivity index (χ0v) is 13.8. The van der Waals surface area contributed by atoms with Crippen LogP contribution in [0.2, 0.25) is 0 Å². The first-order valence-electron chi connectivity index (χ1n) is 8.21. The first kappa shape index (κ1) is 16.4. The molecular formula is C18H23N3O3. The number of aromatic nitrogens is 1. The molecule has 6 nitrogen and oxygen atoms in total. The van der Waals surface area contributed by atoms with E-state index in [-0.39, 0.29) is 12.1 Å². The molecule has 1 atom stereocenters. The quantitative estimate of drug-likeness (QED) is 0.856. The molecule has 6 heteroatoms. The molecule has 0 bridgehead atoms. The number of anilines is 1. The van der Waals surface area contributed by atoms with Crippen LogP contribution in [0.25, 0.3) is 0 Å². The predicted molar refractivity (Wildman–Crippen MR) is 92.5 cm³/mol. The molecule has 2 amide bonds. The number of hydrogen-bond donors (Lipinski definition) is 2. The van der Waals surface area contributed by atoms with Crippen LogP contribution >= 0.6 is 0 Å². The topological polar surface area (TPSA) is 64.5 Å². The fourth-order valence-electron chi connectivity index (χ4n) is 2.58. The Hall–Kier alpha value is -2.47. The highest BCUT2D eigenvalue weighted by atomic mass is 16.5. The van der Waals surface area contributed by atoms with E-state index in [1.54, 1.807) is 0 Å². The number of carbonyl (C=O) groups excluding carboxylic acids is 1. The molecule has 3 rings (SSSR count). The highest BCUT2D eigenvalue weighted by molar-refractivity contribution is 5.89. The average Bonchev–Trinajstić information content (AvgIpc) is 3.24. The van der Waals surface area contributed by atoms with Gasteiger partial charge >= 0.3 is 6.03 Å². The van der Waals surface area contributed by atoms with Gasteiger partial charge in [0.25, 0.3) is 0 Å². The van der Waals surface area contributed by atoms with Gasteiger partial charge in [-0.15, -0.1) is 0 Å². The third kappa shape index (κ3) is 4.52. The minimum absolute atomic E-state index is 0.0920. The summed E-state index contributed by atoms with van der Waals surface area (Å²) in [5, 5.41) is 5.69. The molecule has 1 aromatic heterocycles. The molecule has 1 aromatic carbocycles. The summed E-state index contributed by atoms with van der Waals surface area (Å²) in [7, 11) is 0. The zero-order valence-electron chi connectivity index (χ0n) is 13.8. The maximum Gasteiger partial charge on any atom is 0.319 e. The average molecular weight is 329 g/mol. The Balaban J connectivity index is 1.51. The van der Waals surface area contributed by atoms with Crippen molar-refractivity contribution in [3.63, 3.8) is 0 Å². The number of hydrogen-bond acceptors (Lipinski definition) is 3. The molecule has 1 fully saturated rings. The Kier molecular flexibility index (Phi) is 5.38. The summed E-state index contributed by atoms with van der Waals surface area (Å²) in [6, 6.07) is 9.38. The molecule has 0 unspecified atom stereocenters. The van der Waals surface area contributed by atoms with E-state index in [2.05, 4.69) is 10.6 Å². The lowest BCUT2D eigenvalue weighted by molar-refractivity contribution is 0.141. The Morgan fingerprint density at radius 3 is 2.96 bits per heavy atom. The lowest BCUT2D eigenvalue weighted by Gasteiger charge is -2.15. The van der Waals surface area contributed by atoms with Crippen LogP contribution in [-0.4, -0.2) is 36.5 Å². The maximum absolute atomic E-state index is 12.0. The van der Waals surface area contributed by atoms with Crippen molar-refractivity contribution >= 4 is 11.7 Å². The van der Waals surface area contributed by atoms with E-state index in [0.717, 1.165) is 30.9 Å². The third-order valence-electron chi connectivity index (χ3n) is 3.95. The fraction of sp³-hybridized carbons (Fsp3) is 0.389. The van der Waals surface area contributed by atoms with Gasteiger partial charge in [0.2, 0.25) is 0 Å². The minimum Gasteiger partial charge on any atom is -0.488 e. The van der Waals surface area contributed by atoms with E-state index in [9.17, 15) is 4.79 Å². The Morgan fingerprint density at radius 1 is 1.38 bits per heavy atom. The van der Waals surface area contributed by atoms with Gasteiger partial charge in [-0.25, -0.2) is 4.79 Å². The van der Waals surface area contributed by atoms with Crippen molar-refractivity contribution in [2.45, 2.75) is 26.0 Å². The van der Waals surface area contributed by atoms with Crippen molar-refractivity contribution in [2.75, 3.05) is 25.1 Å². The number of nitrogens with one attached hydrogen (secondary N) is 2. The van der Waals surface area contributed by atoms with Crippen molar-refractivity contribution in [1.82, 2.24) is 9.88 Å². The van der Waals surface area contributed by atoms with Gasteiger partial charge in [0.1, 0.15) is 11.9 Å². The van der Waals surface area contributed by atoms with Crippen LogP contribution in [0.1, 0.15) is 12.0 Å². The summed E-state index contributed by atoms with van der Waals surface area (Å²) < 4.78 is 13.3. The van der Waals surface area contributed by atoms with E-state index < -0.39 is 0 Å². The van der Waals surface area contributed by atoms with E-state index >= 15 is 0 Å². The van der Waals surface area contributed by atoms with E-state index in [0.29, 0.717) is 18.8 Å². The van der Waals surface area contributed by atoms with Crippen LogP contribution in [0, 0.1) is 6.92 Å². The lowest BCUT2D eigenvalue weighted by Crippen LogP contribution is -2.31. The predicted octanol–water partition coefficient (Wildman–Crippen LogP) is 2.79. The van der Waals surface area contributed by atoms with Gasteiger partial charge in [-0.05, 0) is 30.7 Å². The highest BCUT2D eigenvalue weighted by Gasteiger charge is 2.18. The summed E-state index contributed by atoms with van der Waals surface area (Å²) in [5.74, 6) is 0.788. The Morgan fingerprint density at radius 2 is 2.21 bits per heavy atom. The van der Waals surface area contributed by atoms with Crippen LogP contribution < -0.4 is 15.4 Å². The number of urea groups is 1. The van der Waals surface area contributed by atoms with Crippen LogP contribution in [0.15, 0.2) is 42.7 Å². The van der Waals surface area contributed by atoms with E-state index in [1.807, 2.05) is 54.2 Å². The number of amides is 2. The van der Waals surface area contributed by atoms with Crippen LogP contribution in [-0.2, 0) is 11.3 Å². The molecule has 2 N–H and O–H groups in total. The van der Waals surface area contributed by atoms with E-state index in [1.165, 1.54) is 0 Å². The van der Waals surface area contributed by atoms with Crippen LogP contribution in [0.5, 0.6) is 5.75 Å². The van der Waals surface area contributed by atoms with Gasteiger partial charge in [0, 0.05) is 43.7 Å². The van der Waals surface area contributed by atoms with Gasteiger partial charge in [-0.1, -0.05) is 6.07 Å². The number of carbonyl (C=O) groups is 1. The molecule has 1 aliphatic heterocycles. The molecule has 1 aliphatic rings. The molecule has 0 saturated carbocycles. The first-order valence-corrected chi connectivity index (χ1v) is 8.21. The number of benzene rings is 1. The molecule has 0 aliphatic carbocycles. The Labute approximate surface area is 141 Å². The molecule has 24 heavy (non-hydrogen) atoms. The van der Waals surface area contributed by atoms with E-state index in [4.69, 9.17) is 9.47 Å². The SMILES string of the molecule is Cc1ccc(NC(=O)NCCn2cccc2)cc1O[C@H]1CCOC1. The number of ether oxygens (including phenoxy) is 2. The van der Waals surface area contributed by atoms with Gasteiger partial charge in [0.15, 0.2) is 0 Å². The molecule has 2 heterocycles. The van der Waals surface area contributed by atoms with Gasteiger partial charge in [0.05, 0.1) is 13.2 Å². The summed E-state index contributed by atoms with van der Waals surface area (Å²) >= 11 is 0. The monoisotopic (exact) mass is 329 g/mol. The number of rotatable bonds is 6. The maximum atomic E-state index is 12.0. The number of nitrogens with zero attached hydrogens (tertiary/aromatic N) is 1. The fourth-order valence-corrected chi connectivity index (χ4v) is 2.58. The van der Waals surface area contributed by atoms with Gasteiger partial charge in [-0.3, -0.25) is 0 Å². The summed E-state index contributed by atoms with van der Waals surface area (Å²) in [5.41, 5.74) is 1.76. The molecule has 128 valence electrons. The standard InChI is InChI=1S/C18H23N3O3/c1-14-4-5-15(12-17(14)24-16-6-11-23-13-16)20-18(22)19-7-10-21-8-2-3-9-21/h2-5,8-9,12,16H,6-7,10-11,13H2,1H3,(H2,19,20,22)/t16-/m0/s1. The van der Waals surface area contributed by atoms with Crippen molar-refractivity contribution in [3.8, 4) is 5.75 Å². The normalized spacial score (nSPS) is 16.8. The molecule has 0 spiro atoms. The van der Waals surface area contributed by atoms with Crippen molar-refractivity contribution in [3.05, 3.63) is 48.3 Å². The molecular weight excluding hydrogens is 306 g/mol. The Bertz CT molecular complexity index is 664. The lowest BCUT2D eigenvalue weighted by atomic mass is 10.2. The minimum atomic E-state index is -0.221. The van der Waals surface area contributed by atoms with Crippen LogP contribution in [0.4, 0.5) is 10.5 Å². The molecule has 1 saturated heterocycles. The van der Waals surface area contributed by atoms with Crippen molar-refractivity contribution in [2.24, 2.45) is 0 Å². The number of aryl methyl sites for hydroxylation is 1. The smallest absolute Gasteiger partial charge is 0.319 e. The third-order valence-corrected chi connectivity index (χ3v) is 3.95. The van der Waals surface area contributed by atoms with Crippen molar-refractivity contribution < 1.29 is 14.3 Å². The molecule has 0 radical (unpaired) electrons. The second kappa shape index (κ2) is 7.88. The van der Waals surface area contributed by atoms with Crippen LogP contribution in [0.3, 0.4) is 0 Å². The second-order valence-corrected chi connectivity index (χ2v) is 5.89. The van der Waals surface area contributed by atoms with Crippen molar-refractivity contribution in [1.29, 1.82) is 0 Å². The first-order chi connectivity index (χ1) is 11.7. The largest absolute Gasteiger partial charge is 0.488 e. The van der Waals surface area contributed by atoms with Gasteiger partial charge in [-0.2, -0.15) is 0 Å².